The van der Waals surface area contributed by atoms with Gasteiger partial charge in [-0.3, -0.25) is 4.79 Å². The highest BCUT2D eigenvalue weighted by Crippen LogP contribution is 2.02. The number of thioether (sulfide) groups is 1. The summed E-state index contributed by atoms with van der Waals surface area (Å²) in [5.41, 5.74) is 0.966. The molecule has 0 aromatic carbocycles. The monoisotopic (exact) mass is 200 g/mol. The van der Waals surface area contributed by atoms with Crippen molar-refractivity contribution >= 4 is 22.8 Å². The van der Waals surface area contributed by atoms with Gasteiger partial charge in [-0.15, -0.1) is 0 Å². The number of amides is 1. The number of carbonyl (C=O) groups is 1. The van der Waals surface area contributed by atoms with Crippen molar-refractivity contribution in [3.63, 3.8) is 0 Å². The van der Waals surface area contributed by atoms with Crippen molar-refractivity contribution in [2.24, 2.45) is 4.99 Å². The van der Waals surface area contributed by atoms with E-state index in [0.29, 0.717) is 0 Å². The molecular weight excluding hydrogens is 184 g/mol. The number of amidine groups is 1. The molecule has 13 heavy (non-hydrogen) atoms. The summed E-state index contributed by atoms with van der Waals surface area (Å²) in [5, 5.41) is 0.725. The predicted molar refractivity (Wildman–Crippen MR) is 59.1 cm³/mol. The van der Waals surface area contributed by atoms with Gasteiger partial charge in [-0.2, -0.15) is 4.99 Å². The fourth-order valence-corrected chi connectivity index (χ4v) is 1.25. The molecule has 0 aliphatic rings. The molecule has 0 saturated heterocycles. The molecule has 0 spiro atoms. The van der Waals surface area contributed by atoms with Gasteiger partial charge in [0.05, 0.1) is 0 Å². The smallest absolute Gasteiger partial charge is 0.272 e. The second-order valence-electron chi connectivity index (χ2n) is 3.05. The zero-order valence-corrected chi connectivity index (χ0v) is 9.60. The molecule has 0 N–H and O–H groups in total. The summed E-state index contributed by atoms with van der Waals surface area (Å²) < 4.78 is 0. The molecule has 0 bridgehead atoms. The van der Waals surface area contributed by atoms with Crippen LogP contribution in [0.5, 0.6) is 0 Å². The fourth-order valence-electron chi connectivity index (χ4n) is 0.702. The summed E-state index contributed by atoms with van der Waals surface area (Å²) in [4.78, 5) is 17.0. The van der Waals surface area contributed by atoms with Crippen LogP contribution in [0.4, 0.5) is 0 Å². The van der Waals surface area contributed by atoms with Crippen molar-refractivity contribution < 1.29 is 4.79 Å². The van der Waals surface area contributed by atoms with E-state index >= 15 is 0 Å². The number of hydrogen-bond donors (Lipinski definition) is 0. The molecule has 0 saturated carbocycles. The van der Waals surface area contributed by atoms with Gasteiger partial charge in [-0.1, -0.05) is 17.3 Å². The van der Waals surface area contributed by atoms with E-state index in [0.717, 1.165) is 10.7 Å². The number of allylic oxidation sites excluding steroid dienone is 1. The van der Waals surface area contributed by atoms with E-state index < -0.39 is 0 Å². The molecule has 0 aliphatic carbocycles. The first kappa shape index (κ1) is 12.2. The molecule has 0 rings (SSSR count). The normalized spacial score (nSPS) is 11.0. The average Bonchev–Trinajstić information content (AvgIpc) is 1.98. The van der Waals surface area contributed by atoms with Gasteiger partial charge in [0.15, 0.2) is 5.17 Å². The SMILES string of the molecule is CSC(=NC(=O)C=C(C)C)N(C)C. The van der Waals surface area contributed by atoms with Gasteiger partial charge in [-0.25, -0.2) is 0 Å². The maximum Gasteiger partial charge on any atom is 0.272 e. The highest BCUT2D eigenvalue weighted by Gasteiger charge is 2.01. The van der Waals surface area contributed by atoms with Crippen molar-refractivity contribution in [1.29, 1.82) is 0 Å². The number of carbonyl (C=O) groups excluding carboxylic acids is 1. The lowest BCUT2D eigenvalue weighted by Gasteiger charge is -2.11. The Morgan fingerprint density at radius 3 is 2.23 bits per heavy atom. The van der Waals surface area contributed by atoms with Crippen molar-refractivity contribution in [3.8, 4) is 0 Å². The average molecular weight is 200 g/mol. The molecule has 0 aliphatic heterocycles. The summed E-state index contributed by atoms with van der Waals surface area (Å²) in [6.07, 6.45) is 3.42. The summed E-state index contributed by atoms with van der Waals surface area (Å²) in [6, 6.07) is 0. The number of hydrogen-bond acceptors (Lipinski definition) is 2. The van der Waals surface area contributed by atoms with Crippen LogP contribution in [0.25, 0.3) is 0 Å². The van der Waals surface area contributed by atoms with Gasteiger partial charge in [0, 0.05) is 20.2 Å². The third-order valence-electron chi connectivity index (χ3n) is 1.18. The van der Waals surface area contributed by atoms with Crippen LogP contribution >= 0.6 is 11.8 Å². The molecule has 74 valence electrons. The van der Waals surface area contributed by atoms with Crippen LogP contribution in [-0.4, -0.2) is 36.3 Å². The van der Waals surface area contributed by atoms with Crippen LogP contribution in [-0.2, 0) is 4.79 Å². The quantitative estimate of drug-likeness (QED) is 0.367. The van der Waals surface area contributed by atoms with Crippen molar-refractivity contribution in [1.82, 2.24) is 4.90 Å². The van der Waals surface area contributed by atoms with E-state index in [1.165, 1.54) is 17.8 Å². The van der Waals surface area contributed by atoms with Crippen molar-refractivity contribution in [2.45, 2.75) is 13.8 Å². The third-order valence-corrected chi connectivity index (χ3v) is 2.00. The molecule has 4 heteroatoms. The van der Waals surface area contributed by atoms with Crippen LogP contribution in [0.3, 0.4) is 0 Å². The molecule has 0 unspecified atom stereocenters. The molecular formula is C9H16N2OS. The summed E-state index contributed by atoms with van der Waals surface area (Å²) in [7, 11) is 3.73. The minimum Gasteiger partial charge on any atom is -0.357 e. The maximum atomic E-state index is 11.2. The molecule has 0 heterocycles. The Kier molecular flexibility index (Phi) is 5.46. The van der Waals surface area contributed by atoms with Crippen molar-refractivity contribution in [2.75, 3.05) is 20.4 Å². The molecule has 0 aromatic rings. The second kappa shape index (κ2) is 5.80. The minimum atomic E-state index is -0.196. The van der Waals surface area contributed by atoms with Gasteiger partial charge < -0.3 is 4.90 Å². The summed E-state index contributed by atoms with van der Waals surface area (Å²) in [6.45, 7) is 3.75. The first-order valence-electron chi connectivity index (χ1n) is 3.96. The summed E-state index contributed by atoms with van der Waals surface area (Å²) in [5.74, 6) is -0.196. The van der Waals surface area contributed by atoms with E-state index in [-0.39, 0.29) is 5.91 Å². The van der Waals surface area contributed by atoms with E-state index in [9.17, 15) is 4.79 Å². The molecule has 0 fully saturated rings. The Morgan fingerprint density at radius 1 is 1.38 bits per heavy atom. The van der Waals surface area contributed by atoms with E-state index in [2.05, 4.69) is 4.99 Å². The Morgan fingerprint density at radius 2 is 1.92 bits per heavy atom. The molecule has 0 atom stereocenters. The second-order valence-corrected chi connectivity index (χ2v) is 3.83. The highest BCUT2D eigenvalue weighted by atomic mass is 32.2. The Balaban J connectivity index is 4.52. The van der Waals surface area contributed by atoms with E-state index in [4.69, 9.17) is 0 Å². The molecule has 0 radical (unpaired) electrons. The zero-order chi connectivity index (χ0) is 10.4. The fraction of sp³-hybridized carbons (Fsp3) is 0.556. The molecule has 3 nitrogen and oxygen atoms in total. The van der Waals surface area contributed by atoms with Gasteiger partial charge in [0.1, 0.15) is 0 Å². The van der Waals surface area contributed by atoms with Gasteiger partial charge in [0.2, 0.25) is 0 Å². The van der Waals surface area contributed by atoms with Crippen LogP contribution in [0.2, 0.25) is 0 Å². The first-order valence-corrected chi connectivity index (χ1v) is 5.18. The Bertz CT molecular complexity index is 240. The zero-order valence-electron chi connectivity index (χ0n) is 8.79. The lowest BCUT2D eigenvalue weighted by Crippen LogP contribution is -2.19. The number of rotatable bonds is 1. The number of aliphatic imine (C=N–C) groups is 1. The third kappa shape index (κ3) is 5.47. The standard InChI is InChI=1S/C9H16N2OS/c1-7(2)6-8(12)10-9(13-5)11(3)4/h6H,1-5H3. The Hall–Kier alpha value is -0.770. The van der Waals surface area contributed by atoms with Crippen molar-refractivity contribution in [3.05, 3.63) is 11.6 Å². The van der Waals surface area contributed by atoms with Crippen LogP contribution in [0.15, 0.2) is 16.6 Å². The molecule has 0 aromatic heterocycles. The van der Waals surface area contributed by atoms with Gasteiger partial charge in [-0.05, 0) is 20.1 Å². The van der Waals surface area contributed by atoms with Crippen LogP contribution in [0.1, 0.15) is 13.8 Å². The van der Waals surface area contributed by atoms with E-state index in [1.807, 2.05) is 39.1 Å². The largest absolute Gasteiger partial charge is 0.357 e. The maximum absolute atomic E-state index is 11.2. The van der Waals surface area contributed by atoms with Gasteiger partial charge in [0.25, 0.3) is 5.91 Å². The molecule has 1 amide bonds. The lowest BCUT2D eigenvalue weighted by molar-refractivity contribution is -0.113. The number of nitrogens with zero attached hydrogens (tertiary/aromatic N) is 2. The highest BCUT2D eigenvalue weighted by molar-refractivity contribution is 8.13. The van der Waals surface area contributed by atoms with Crippen LogP contribution in [0, 0.1) is 0 Å². The predicted octanol–water partition coefficient (Wildman–Crippen LogP) is 1.76. The minimum absolute atomic E-state index is 0.196. The lowest BCUT2D eigenvalue weighted by atomic mass is 10.3. The Labute approximate surface area is 83.9 Å². The topological polar surface area (TPSA) is 32.7 Å². The van der Waals surface area contributed by atoms with Gasteiger partial charge >= 0.3 is 0 Å². The summed E-state index contributed by atoms with van der Waals surface area (Å²) >= 11 is 1.46. The first-order chi connectivity index (χ1) is 5.97. The van der Waals surface area contributed by atoms with Crippen LogP contribution < -0.4 is 0 Å². The van der Waals surface area contributed by atoms with E-state index in [1.54, 1.807) is 0 Å².